The van der Waals surface area contributed by atoms with E-state index in [1.165, 1.54) is 15.6 Å². The molecule has 3 heterocycles. The van der Waals surface area contributed by atoms with Gasteiger partial charge in [-0.1, -0.05) is 0 Å². The van der Waals surface area contributed by atoms with Crippen LogP contribution < -0.4 is 5.32 Å². The predicted molar refractivity (Wildman–Crippen MR) is 94.4 cm³/mol. The summed E-state index contributed by atoms with van der Waals surface area (Å²) in [7, 11) is -3.66. The lowest BCUT2D eigenvalue weighted by atomic mass is 10.2. The van der Waals surface area contributed by atoms with Crippen LogP contribution in [0.2, 0.25) is 0 Å². The molecule has 2 aromatic heterocycles. The Morgan fingerprint density at radius 1 is 1.43 bits per heavy atom. The Labute approximate surface area is 150 Å². The average Bonchev–Trinajstić information content (AvgIpc) is 3.19. The molecule has 23 heavy (non-hydrogen) atoms. The molecule has 6 nitrogen and oxygen atoms in total. The minimum atomic E-state index is -3.66. The number of aromatic nitrogens is 1. The van der Waals surface area contributed by atoms with E-state index in [1.807, 2.05) is 6.92 Å². The number of amides is 1. The summed E-state index contributed by atoms with van der Waals surface area (Å²) in [4.78, 5) is 17.5. The molecular weight excluding hydrogens is 422 g/mol. The largest absolute Gasteiger partial charge is 0.301 e. The van der Waals surface area contributed by atoms with E-state index < -0.39 is 16.1 Å². The van der Waals surface area contributed by atoms with E-state index in [4.69, 9.17) is 0 Å². The molecule has 0 spiro atoms. The molecule has 1 unspecified atom stereocenters. The summed E-state index contributed by atoms with van der Waals surface area (Å²) in [6, 6.07) is 2.56. The molecule has 1 fully saturated rings. The highest BCUT2D eigenvalue weighted by Crippen LogP contribution is 2.32. The summed E-state index contributed by atoms with van der Waals surface area (Å²) in [5, 5.41) is 3.22. The number of aryl methyl sites for hydroxylation is 1. The van der Waals surface area contributed by atoms with Gasteiger partial charge >= 0.3 is 0 Å². The average molecular weight is 436 g/mol. The highest BCUT2D eigenvalue weighted by Gasteiger charge is 2.40. The van der Waals surface area contributed by atoms with Gasteiger partial charge in [-0.2, -0.15) is 4.31 Å². The van der Waals surface area contributed by atoms with Gasteiger partial charge in [0.1, 0.15) is 10.3 Å². The van der Waals surface area contributed by atoms with E-state index >= 15 is 0 Å². The van der Waals surface area contributed by atoms with Crippen molar-refractivity contribution in [1.82, 2.24) is 9.29 Å². The van der Waals surface area contributed by atoms with Crippen molar-refractivity contribution in [3.8, 4) is 0 Å². The first kappa shape index (κ1) is 17.0. The molecule has 10 heteroatoms. The van der Waals surface area contributed by atoms with Gasteiger partial charge < -0.3 is 5.32 Å². The quantitative estimate of drug-likeness (QED) is 0.799. The number of nitrogens with zero attached hydrogens (tertiary/aromatic N) is 2. The summed E-state index contributed by atoms with van der Waals surface area (Å²) >= 11 is 5.79. The Hall–Kier alpha value is -0.810. The lowest BCUT2D eigenvalue weighted by molar-refractivity contribution is -0.119. The summed E-state index contributed by atoms with van der Waals surface area (Å²) in [5.74, 6) is -0.323. The van der Waals surface area contributed by atoms with E-state index in [2.05, 4.69) is 26.2 Å². The fraction of sp³-hybridized carbons (Fsp3) is 0.385. The third kappa shape index (κ3) is 3.50. The normalized spacial score (nSPS) is 19.1. The van der Waals surface area contributed by atoms with Gasteiger partial charge in [0.15, 0.2) is 5.13 Å². The number of nitrogens with one attached hydrogen (secondary N) is 1. The van der Waals surface area contributed by atoms with Crippen LogP contribution in [0.1, 0.15) is 17.7 Å². The van der Waals surface area contributed by atoms with Gasteiger partial charge in [0, 0.05) is 17.6 Å². The van der Waals surface area contributed by atoms with Crippen molar-refractivity contribution >= 4 is 59.7 Å². The number of halogens is 1. The van der Waals surface area contributed by atoms with E-state index in [-0.39, 0.29) is 10.1 Å². The van der Waals surface area contributed by atoms with Crippen LogP contribution in [-0.4, -0.2) is 36.2 Å². The Morgan fingerprint density at radius 3 is 2.83 bits per heavy atom. The first-order valence-electron chi connectivity index (χ1n) is 6.88. The molecule has 0 radical (unpaired) electrons. The Bertz CT molecular complexity index is 830. The second-order valence-electron chi connectivity index (χ2n) is 5.10. The minimum Gasteiger partial charge on any atom is -0.301 e. The molecule has 1 aliphatic heterocycles. The molecule has 1 saturated heterocycles. The Balaban J connectivity index is 1.81. The number of hydrogen-bond acceptors (Lipinski definition) is 6. The zero-order valence-electron chi connectivity index (χ0n) is 12.2. The molecule has 1 aliphatic rings. The number of sulfonamides is 1. The number of thiophene rings is 1. The first-order chi connectivity index (χ1) is 10.9. The Morgan fingerprint density at radius 2 is 2.22 bits per heavy atom. The number of carbonyl (C=O) groups excluding carboxylic acids is 1. The zero-order chi connectivity index (χ0) is 16.6. The monoisotopic (exact) mass is 435 g/mol. The van der Waals surface area contributed by atoms with Crippen molar-refractivity contribution in [2.75, 3.05) is 11.9 Å². The van der Waals surface area contributed by atoms with Gasteiger partial charge in [0.25, 0.3) is 10.0 Å². The lowest BCUT2D eigenvalue weighted by Gasteiger charge is -2.22. The zero-order valence-corrected chi connectivity index (χ0v) is 16.2. The van der Waals surface area contributed by atoms with Gasteiger partial charge in [-0.15, -0.1) is 22.7 Å². The number of carbonyl (C=O) groups is 1. The molecule has 1 N–H and O–H groups in total. The molecule has 0 aromatic carbocycles. The first-order valence-corrected chi connectivity index (χ1v) is 10.7. The fourth-order valence-corrected chi connectivity index (χ4v) is 6.91. The van der Waals surface area contributed by atoms with E-state index in [1.54, 1.807) is 18.3 Å². The summed E-state index contributed by atoms with van der Waals surface area (Å²) in [6.45, 7) is 2.25. The van der Waals surface area contributed by atoms with E-state index in [0.717, 1.165) is 20.0 Å². The molecule has 3 rings (SSSR count). The van der Waals surface area contributed by atoms with Crippen LogP contribution in [-0.2, 0) is 14.8 Å². The summed E-state index contributed by atoms with van der Waals surface area (Å²) in [5.41, 5.74) is 0. The molecule has 124 valence electrons. The number of rotatable bonds is 4. The molecule has 0 bridgehead atoms. The maximum absolute atomic E-state index is 12.7. The molecular formula is C13H14BrN3O3S3. The highest BCUT2D eigenvalue weighted by atomic mass is 79.9. The van der Waals surface area contributed by atoms with Crippen LogP contribution in [0.15, 0.2) is 26.3 Å². The van der Waals surface area contributed by atoms with Crippen molar-refractivity contribution in [3.63, 3.8) is 0 Å². The third-order valence-corrected chi connectivity index (χ3v) is 8.30. The van der Waals surface area contributed by atoms with Gasteiger partial charge in [0.2, 0.25) is 5.91 Å². The Kier molecular flexibility index (Phi) is 4.88. The summed E-state index contributed by atoms with van der Waals surface area (Å²) in [6.07, 6.45) is 2.86. The molecule has 2 aromatic rings. The third-order valence-electron chi connectivity index (χ3n) is 3.47. The smallest absolute Gasteiger partial charge is 0.253 e. The summed E-state index contributed by atoms with van der Waals surface area (Å²) < 4.78 is 27.8. The van der Waals surface area contributed by atoms with Crippen LogP contribution in [0.5, 0.6) is 0 Å². The van der Waals surface area contributed by atoms with E-state index in [9.17, 15) is 13.2 Å². The standard InChI is InChI=1S/C13H14BrN3O3S3/c1-8-7-15-13(21-8)16-12(18)9-3-2-6-17(9)23(19,20)11-5-4-10(14)22-11/h4-5,7,9H,2-3,6H2,1H3,(H,15,16,18). The van der Waals surface area contributed by atoms with Gasteiger partial charge in [-0.05, 0) is 47.8 Å². The highest BCUT2D eigenvalue weighted by molar-refractivity contribution is 9.11. The van der Waals surface area contributed by atoms with Gasteiger partial charge in [-0.3, -0.25) is 4.79 Å². The van der Waals surface area contributed by atoms with Crippen LogP contribution in [0.4, 0.5) is 5.13 Å². The van der Waals surface area contributed by atoms with Crippen molar-refractivity contribution in [3.05, 3.63) is 27.0 Å². The van der Waals surface area contributed by atoms with Crippen molar-refractivity contribution in [1.29, 1.82) is 0 Å². The topological polar surface area (TPSA) is 79.4 Å². The maximum Gasteiger partial charge on any atom is 0.253 e. The van der Waals surface area contributed by atoms with Gasteiger partial charge in [-0.25, -0.2) is 13.4 Å². The molecule has 0 aliphatic carbocycles. The van der Waals surface area contributed by atoms with Crippen LogP contribution in [0.3, 0.4) is 0 Å². The van der Waals surface area contributed by atoms with Crippen molar-refractivity contribution < 1.29 is 13.2 Å². The van der Waals surface area contributed by atoms with E-state index in [0.29, 0.717) is 24.5 Å². The predicted octanol–water partition coefficient (Wildman–Crippen LogP) is 3.07. The van der Waals surface area contributed by atoms with Gasteiger partial charge in [0.05, 0.1) is 3.79 Å². The minimum absolute atomic E-state index is 0.245. The van der Waals surface area contributed by atoms with Crippen LogP contribution in [0, 0.1) is 6.92 Å². The van der Waals surface area contributed by atoms with Crippen molar-refractivity contribution in [2.45, 2.75) is 30.0 Å². The maximum atomic E-state index is 12.7. The van der Waals surface area contributed by atoms with Crippen LogP contribution in [0.25, 0.3) is 0 Å². The van der Waals surface area contributed by atoms with Crippen molar-refractivity contribution in [2.24, 2.45) is 0 Å². The molecule has 1 amide bonds. The fourth-order valence-electron chi connectivity index (χ4n) is 2.44. The molecule has 0 saturated carbocycles. The number of hydrogen-bond donors (Lipinski definition) is 1. The second-order valence-corrected chi connectivity index (χ2v) is 10.9. The van der Waals surface area contributed by atoms with Crippen LogP contribution >= 0.6 is 38.6 Å². The lowest BCUT2D eigenvalue weighted by Crippen LogP contribution is -2.42. The SMILES string of the molecule is Cc1cnc(NC(=O)C2CCCN2S(=O)(=O)c2ccc(Br)s2)s1. The number of anilines is 1. The number of thiazole rings is 1. The molecule has 1 atom stereocenters. The second kappa shape index (κ2) is 6.60.